The number of alkyl halides is 3. The van der Waals surface area contributed by atoms with E-state index < -0.39 is 41.7 Å². The highest BCUT2D eigenvalue weighted by molar-refractivity contribution is 5.92. The van der Waals surface area contributed by atoms with E-state index >= 15 is 0 Å². The van der Waals surface area contributed by atoms with E-state index in [0.717, 1.165) is 32.1 Å². The highest BCUT2D eigenvalue weighted by Gasteiger charge is 2.62. The minimum atomic E-state index is -4.42. The predicted octanol–water partition coefficient (Wildman–Crippen LogP) is 4.22. The SMILES string of the molecule is CN1C(=O)C(F)=C[C@]2(C)C3CC[C@]4(C)[C@@H](C(=O)NCC(F)(F)F)CC[C@H]4C3CC[C@@H]12. The molecular formula is C22H30F4N2O2. The molecule has 3 aliphatic carbocycles. The molecule has 30 heavy (non-hydrogen) atoms. The van der Waals surface area contributed by atoms with Crippen LogP contribution in [0, 0.1) is 34.5 Å². The van der Waals surface area contributed by atoms with Gasteiger partial charge < -0.3 is 10.2 Å². The van der Waals surface area contributed by atoms with Crippen LogP contribution in [0.25, 0.3) is 0 Å². The van der Waals surface area contributed by atoms with E-state index in [4.69, 9.17) is 0 Å². The molecule has 8 heteroatoms. The first-order chi connectivity index (χ1) is 13.9. The Balaban J connectivity index is 1.57. The zero-order valence-corrected chi connectivity index (χ0v) is 17.7. The van der Waals surface area contributed by atoms with Crippen LogP contribution in [-0.2, 0) is 9.59 Å². The molecular weight excluding hydrogens is 400 g/mol. The van der Waals surface area contributed by atoms with Crippen LogP contribution < -0.4 is 5.32 Å². The molecule has 0 aromatic rings. The molecule has 4 aliphatic rings. The molecule has 3 fully saturated rings. The van der Waals surface area contributed by atoms with E-state index in [-0.39, 0.29) is 29.2 Å². The molecule has 4 nitrogen and oxygen atoms in total. The normalized spacial score (nSPS) is 43.4. The Labute approximate surface area is 174 Å². The number of hydrogen-bond donors (Lipinski definition) is 1. The largest absolute Gasteiger partial charge is 0.405 e. The summed E-state index contributed by atoms with van der Waals surface area (Å²) >= 11 is 0. The summed E-state index contributed by atoms with van der Waals surface area (Å²) in [5.41, 5.74) is -0.785. The van der Waals surface area contributed by atoms with Gasteiger partial charge in [0.25, 0.3) is 5.91 Å². The second kappa shape index (κ2) is 6.95. The van der Waals surface area contributed by atoms with Gasteiger partial charge in [0.15, 0.2) is 5.83 Å². The van der Waals surface area contributed by atoms with Crippen LogP contribution >= 0.6 is 0 Å². The molecule has 0 spiro atoms. The first kappa shape index (κ1) is 21.6. The van der Waals surface area contributed by atoms with Gasteiger partial charge in [0.2, 0.25) is 5.91 Å². The van der Waals surface area contributed by atoms with Gasteiger partial charge in [-0.25, -0.2) is 4.39 Å². The van der Waals surface area contributed by atoms with E-state index in [0.29, 0.717) is 6.42 Å². The zero-order valence-electron chi connectivity index (χ0n) is 17.7. The van der Waals surface area contributed by atoms with Gasteiger partial charge in [-0.15, -0.1) is 0 Å². The quantitative estimate of drug-likeness (QED) is 0.667. The Hall–Kier alpha value is -1.60. The molecule has 2 unspecified atom stereocenters. The minimum Gasteiger partial charge on any atom is -0.347 e. The Morgan fingerprint density at radius 3 is 2.53 bits per heavy atom. The lowest BCUT2D eigenvalue weighted by molar-refractivity contribution is -0.148. The zero-order chi connectivity index (χ0) is 22.1. The number of halogens is 4. The second-order valence-corrected chi connectivity index (χ2v) is 10.3. The molecule has 7 atom stereocenters. The number of carbonyl (C=O) groups excluding carboxylic acids is 2. The van der Waals surface area contributed by atoms with Crippen LogP contribution in [0.4, 0.5) is 17.6 Å². The molecule has 0 saturated heterocycles. The van der Waals surface area contributed by atoms with Crippen molar-refractivity contribution in [3.8, 4) is 0 Å². The molecule has 0 aromatic heterocycles. The van der Waals surface area contributed by atoms with E-state index in [1.165, 1.54) is 6.08 Å². The molecule has 3 saturated carbocycles. The summed E-state index contributed by atoms with van der Waals surface area (Å²) in [6.45, 7) is 2.81. The molecule has 4 rings (SSSR count). The van der Waals surface area contributed by atoms with Gasteiger partial charge in [-0.1, -0.05) is 13.8 Å². The monoisotopic (exact) mass is 430 g/mol. The van der Waals surface area contributed by atoms with Crippen LogP contribution in [0.2, 0.25) is 0 Å². The number of nitrogens with one attached hydrogen (secondary N) is 1. The van der Waals surface area contributed by atoms with Crippen LogP contribution in [0.3, 0.4) is 0 Å². The van der Waals surface area contributed by atoms with E-state index in [1.54, 1.807) is 11.9 Å². The van der Waals surface area contributed by atoms with Crippen LogP contribution in [0.15, 0.2) is 11.9 Å². The number of fused-ring (bicyclic) bond motifs is 5. The third-order valence-electron chi connectivity index (χ3n) is 8.94. The highest BCUT2D eigenvalue weighted by atomic mass is 19.4. The van der Waals surface area contributed by atoms with Crippen molar-refractivity contribution in [3.63, 3.8) is 0 Å². The molecule has 0 bridgehead atoms. The average molecular weight is 430 g/mol. The second-order valence-electron chi connectivity index (χ2n) is 10.3. The van der Waals surface area contributed by atoms with Crippen molar-refractivity contribution in [2.75, 3.05) is 13.6 Å². The Morgan fingerprint density at radius 2 is 1.87 bits per heavy atom. The molecule has 1 heterocycles. The lowest BCUT2D eigenvalue weighted by Crippen LogP contribution is -2.60. The van der Waals surface area contributed by atoms with Crippen LogP contribution in [0.5, 0.6) is 0 Å². The highest BCUT2D eigenvalue weighted by Crippen LogP contribution is 2.65. The fourth-order valence-electron chi connectivity index (χ4n) is 7.57. The molecule has 1 N–H and O–H groups in total. The lowest BCUT2D eigenvalue weighted by Gasteiger charge is -2.60. The van der Waals surface area contributed by atoms with Gasteiger partial charge in [-0.05, 0) is 67.8 Å². The number of carbonyl (C=O) groups is 2. The Morgan fingerprint density at radius 1 is 1.17 bits per heavy atom. The molecule has 2 amide bonds. The van der Waals surface area contributed by atoms with Crippen molar-refractivity contribution in [3.05, 3.63) is 11.9 Å². The number of likely N-dealkylation sites (N-methyl/N-ethyl adjacent to an activating group) is 1. The van der Waals surface area contributed by atoms with Gasteiger partial charge in [-0.2, -0.15) is 13.2 Å². The van der Waals surface area contributed by atoms with Gasteiger partial charge in [0.05, 0.1) is 0 Å². The third kappa shape index (κ3) is 3.16. The Bertz CT molecular complexity index is 782. The predicted molar refractivity (Wildman–Crippen MR) is 103 cm³/mol. The maximum absolute atomic E-state index is 14.4. The number of rotatable bonds is 2. The summed E-state index contributed by atoms with van der Waals surface area (Å²) in [5, 5.41) is 2.10. The molecule has 0 radical (unpaired) electrons. The van der Waals surface area contributed by atoms with Crippen LogP contribution in [-0.4, -0.2) is 42.5 Å². The smallest absolute Gasteiger partial charge is 0.347 e. The summed E-state index contributed by atoms with van der Waals surface area (Å²) in [5.74, 6) is -1.44. The number of nitrogens with zero attached hydrogens (tertiary/aromatic N) is 1. The van der Waals surface area contributed by atoms with Gasteiger partial charge in [0, 0.05) is 24.4 Å². The Kier molecular flexibility index (Phi) is 5.01. The van der Waals surface area contributed by atoms with E-state index in [1.807, 2.05) is 6.92 Å². The van der Waals surface area contributed by atoms with Gasteiger partial charge in [0.1, 0.15) is 6.54 Å². The van der Waals surface area contributed by atoms with Crippen molar-refractivity contribution in [1.82, 2.24) is 10.2 Å². The molecule has 0 aromatic carbocycles. The summed E-state index contributed by atoms with van der Waals surface area (Å²) in [4.78, 5) is 26.3. The summed E-state index contributed by atoms with van der Waals surface area (Å²) in [6, 6.07) is -0.0395. The molecule has 168 valence electrons. The minimum absolute atomic E-state index is 0.0395. The van der Waals surface area contributed by atoms with Crippen molar-refractivity contribution < 1.29 is 27.2 Å². The first-order valence-electron chi connectivity index (χ1n) is 10.9. The third-order valence-corrected chi connectivity index (χ3v) is 8.94. The number of amides is 2. The van der Waals surface area contributed by atoms with Crippen molar-refractivity contribution in [2.45, 2.75) is 64.6 Å². The average Bonchev–Trinajstić information content (AvgIpc) is 3.01. The summed E-state index contributed by atoms with van der Waals surface area (Å²) in [6.07, 6.45) is 1.72. The van der Waals surface area contributed by atoms with E-state index in [2.05, 4.69) is 12.2 Å². The van der Waals surface area contributed by atoms with Crippen molar-refractivity contribution >= 4 is 11.8 Å². The van der Waals surface area contributed by atoms with E-state index in [9.17, 15) is 27.2 Å². The van der Waals surface area contributed by atoms with Gasteiger partial charge >= 0.3 is 6.18 Å². The lowest BCUT2D eigenvalue weighted by atomic mass is 9.47. The summed E-state index contributed by atoms with van der Waals surface area (Å²) in [7, 11) is 1.67. The standard InChI is InChI=1S/C22H30F4N2O2/c1-20-9-8-14-12(4-7-17-21(14,2)10-16(23)19(30)28(17)3)13(20)5-6-15(20)18(29)27-11-22(24,25)26/h10,12-15,17H,4-9,11H2,1-3H3,(H,27,29)/t12?,13-,14?,15+,17+,20-,21+/m0/s1. The molecule has 1 aliphatic heterocycles. The topological polar surface area (TPSA) is 49.4 Å². The maximum Gasteiger partial charge on any atom is 0.405 e. The number of hydrogen-bond acceptors (Lipinski definition) is 2. The fraction of sp³-hybridized carbons (Fsp3) is 0.818. The summed E-state index contributed by atoms with van der Waals surface area (Å²) < 4.78 is 52.1. The fourth-order valence-corrected chi connectivity index (χ4v) is 7.57. The maximum atomic E-state index is 14.4. The van der Waals surface area contributed by atoms with Gasteiger partial charge in [-0.3, -0.25) is 9.59 Å². The van der Waals surface area contributed by atoms with Crippen LogP contribution in [0.1, 0.15) is 52.4 Å². The van der Waals surface area contributed by atoms with Crippen molar-refractivity contribution in [2.24, 2.45) is 34.5 Å². The van der Waals surface area contributed by atoms with Crippen molar-refractivity contribution in [1.29, 1.82) is 0 Å². The first-order valence-corrected chi connectivity index (χ1v) is 10.9.